The average molecular weight is 443 g/mol. The minimum atomic E-state index is -0.303. The molecular formula is C21H16ClFN4O2S. The molecule has 0 saturated heterocycles. The fraction of sp³-hybridized carbons (Fsp3) is 0.0952. The molecular weight excluding hydrogens is 427 g/mol. The number of hydrogen-bond donors (Lipinski definition) is 1. The number of aromatic nitrogens is 3. The van der Waals surface area contributed by atoms with Gasteiger partial charge in [0.05, 0.1) is 29.8 Å². The number of carbonyl (C=O) groups is 1. The summed E-state index contributed by atoms with van der Waals surface area (Å²) in [5.74, 6) is 0.141. The first-order valence-electron chi connectivity index (χ1n) is 8.90. The van der Waals surface area contributed by atoms with Crippen molar-refractivity contribution in [3.05, 3.63) is 71.8 Å². The zero-order valence-electron chi connectivity index (χ0n) is 15.8. The van der Waals surface area contributed by atoms with Crippen LogP contribution in [0.4, 0.5) is 10.1 Å². The molecule has 2 heterocycles. The maximum absolute atomic E-state index is 13.2. The first kappa shape index (κ1) is 20.2. The number of anilines is 1. The summed E-state index contributed by atoms with van der Waals surface area (Å²) in [6.07, 6.45) is 3.35. The van der Waals surface area contributed by atoms with Crippen LogP contribution < -0.4 is 10.1 Å². The highest BCUT2D eigenvalue weighted by atomic mass is 35.5. The number of nitrogens with zero attached hydrogens (tertiary/aromatic N) is 3. The van der Waals surface area contributed by atoms with Crippen molar-refractivity contribution in [2.75, 3.05) is 18.2 Å². The van der Waals surface area contributed by atoms with E-state index in [0.717, 1.165) is 11.1 Å². The predicted molar refractivity (Wildman–Crippen MR) is 116 cm³/mol. The van der Waals surface area contributed by atoms with Crippen LogP contribution in [0.3, 0.4) is 0 Å². The van der Waals surface area contributed by atoms with Gasteiger partial charge in [-0.05, 0) is 48.5 Å². The van der Waals surface area contributed by atoms with Gasteiger partial charge in [0.1, 0.15) is 16.6 Å². The molecule has 4 aromatic rings. The van der Waals surface area contributed by atoms with Crippen LogP contribution in [0.1, 0.15) is 0 Å². The van der Waals surface area contributed by atoms with Crippen molar-refractivity contribution in [3.8, 4) is 17.0 Å². The van der Waals surface area contributed by atoms with E-state index in [4.69, 9.17) is 16.3 Å². The van der Waals surface area contributed by atoms with Gasteiger partial charge in [0.25, 0.3) is 0 Å². The van der Waals surface area contributed by atoms with Crippen molar-refractivity contribution in [2.24, 2.45) is 0 Å². The Bertz CT molecular complexity index is 1210. The highest BCUT2D eigenvalue weighted by Gasteiger charge is 2.13. The number of halogens is 2. The van der Waals surface area contributed by atoms with E-state index in [0.29, 0.717) is 27.2 Å². The molecule has 0 aliphatic rings. The molecule has 2 aromatic heterocycles. The second-order valence-corrected chi connectivity index (χ2v) is 7.68. The van der Waals surface area contributed by atoms with Gasteiger partial charge < -0.3 is 10.1 Å². The van der Waals surface area contributed by atoms with Crippen LogP contribution in [-0.2, 0) is 4.79 Å². The van der Waals surface area contributed by atoms with E-state index in [1.165, 1.54) is 31.0 Å². The molecule has 30 heavy (non-hydrogen) atoms. The molecule has 1 amide bonds. The number of ether oxygens (including phenoxy) is 1. The summed E-state index contributed by atoms with van der Waals surface area (Å²) in [6.45, 7) is 0. The molecule has 2 aromatic carbocycles. The number of thioether (sulfide) groups is 1. The summed E-state index contributed by atoms with van der Waals surface area (Å²) in [6, 6.07) is 13.0. The molecule has 152 valence electrons. The zero-order chi connectivity index (χ0) is 21.1. The van der Waals surface area contributed by atoms with Crippen LogP contribution >= 0.6 is 23.4 Å². The molecule has 0 unspecified atom stereocenters. The minimum Gasteiger partial charge on any atom is -0.495 e. The topological polar surface area (TPSA) is 68.5 Å². The van der Waals surface area contributed by atoms with Crippen LogP contribution in [0.2, 0.25) is 5.02 Å². The monoisotopic (exact) mass is 442 g/mol. The highest BCUT2D eigenvalue weighted by Crippen LogP contribution is 2.29. The Labute approximate surface area is 181 Å². The molecule has 6 nitrogen and oxygen atoms in total. The van der Waals surface area contributed by atoms with E-state index < -0.39 is 0 Å². The van der Waals surface area contributed by atoms with E-state index >= 15 is 0 Å². The van der Waals surface area contributed by atoms with Crippen LogP contribution in [0.5, 0.6) is 5.75 Å². The van der Waals surface area contributed by atoms with Crippen molar-refractivity contribution in [1.29, 1.82) is 0 Å². The smallest absolute Gasteiger partial charge is 0.234 e. The van der Waals surface area contributed by atoms with Gasteiger partial charge in [0.2, 0.25) is 5.91 Å². The van der Waals surface area contributed by atoms with E-state index in [9.17, 15) is 9.18 Å². The van der Waals surface area contributed by atoms with Crippen LogP contribution in [0, 0.1) is 5.82 Å². The number of benzene rings is 2. The van der Waals surface area contributed by atoms with Gasteiger partial charge in [-0.15, -0.1) is 0 Å². The summed E-state index contributed by atoms with van der Waals surface area (Å²) in [7, 11) is 1.52. The number of methoxy groups -OCH3 is 1. The first-order valence-corrected chi connectivity index (χ1v) is 10.3. The third kappa shape index (κ3) is 4.39. The third-order valence-corrected chi connectivity index (χ3v) is 5.50. The van der Waals surface area contributed by atoms with E-state index in [1.54, 1.807) is 47.2 Å². The normalized spacial score (nSPS) is 10.9. The number of carbonyl (C=O) groups excluding carboxylic acids is 1. The number of fused-ring (bicyclic) bond motifs is 1. The molecule has 9 heteroatoms. The lowest BCUT2D eigenvalue weighted by atomic mass is 10.1. The molecule has 0 saturated carbocycles. The number of amides is 1. The Morgan fingerprint density at radius 3 is 2.80 bits per heavy atom. The molecule has 0 fully saturated rings. The largest absolute Gasteiger partial charge is 0.495 e. The number of nitrogens with one attached hydrogen (secondary N) is 1. The summed E-state index contributed by atoms with van der Waals surface area (Å²) >= 11 is 7.29. The molecule has 0 aliphatic heterocycles. The fourth-order valence-corrected chi connectivity index (χ4v) is 3.82. The second-order valence-electron chi connectivity index (χ2n) is 6.28. The Hall–Kier alpha value is -3.10. The van der Waals surface area contributed by atoms with Crippen molar-refractivity contribution in [2.45, 2.75) is 5.03 Å². The van der Waals surface area contributed by atoms with Gasteiger partial charge >= 0.3 is 0 Å². The molecule has 4 rings (SSSR count). The third-order valence-electron chi connectivity index (χ3n) is 4.27. The Balaban J connectivity index is 1.51. The lowest BCUT2D eigenvalue weighted by Gasteiger charge is -2.10. The van der Waals surface area contributed by atoms with Gasteiger partial charge in [-0.3, -0.25) is 4.79 Å². The highest BCUT2D eigenvalue weighted by molar-refractivity contribution is 8.00. The molecule has 0 bridgehead atoms. The summed E-state index contributed by atoms with van der Waals surface area (Å²) < 4.78 is 20.1. The van der Waals surface area contributed by atoms with Crippen LogP contribution in [-0.4, -0.2) is 33.4 Å². The van der Waals surface area contributed by atoms with Gasteiger partial charge in [-0.25, -0.2) is 13.9 Å². The van der Waals surface area contributed by atoms with E-state index in [1.807, 2.05) is 6.07 Å². The number of hydrogen-bond acceptors (Lipinski definition) is 5. The predicted octanol–water partition coefficient (Wildman–Crippen LogP) is 4.93. The Kier molecular flexibility index (Phi) is 5.87. The number of rotatable bonds is 6. The van der Waals surface area contributed by atoms with Crippen molar-refractivity contribution >= 4 is 40.5 Å². The Morgan fingerprint density at radius 1 is 1.23 bits per heavy atom. The Morgan fingerprint density at radius 2 is 2.03 bits per heavy atom. The molecule has 0 aliphatic carbocycles. The summed E-state index contributed by atoms with van der Waals surface area (Å²) in [5, 5.41) is 8.47. The van der Waals surface area contributed by atoms with Gasteiger partial charge in [0, 0.05) is 23.0 Å². The van der Waals surface area contributed by atoms with Gasteiger partial charge in [-0.1, -0.05) is 23.4 Å². The molecule has 0 atom stereocenters. The fourth-order valence-electron chi connectivity index (χ4n) is 2.87. The second kappa shape index (κ2) is 8.73. The van der Waals surface area contributed by atoms with Gasteiger partial charge in [-0.2, -0.15) is 5.10 Å². The van der Waals surface area contributed by atoms with Crippen LogP contribution in [0.15, 0.2) is 66.0 Å². The van der Waals surface area contributed by atoms with E-state index in [2.05, 4.69) is 15.4 Å². The summed E-state index contributed by atoms with van der Waals surface area (Å²) in [4.78, 5) is 16.8. The lowest BCUT2D eigenvalue weighted by molar-refractivity contribution is -0.113. The van der Waals surface area contributed by atoms with Crippen LogP contribution in [0.25, 0.3) is 16.8 Å². The van der Waals surface area contributed by atoms with Crippen molar-refractivity contribution in [3.63, 3.8) is 0 Å². The first-order chi connectivity index (χ1) is 14.5. The van der Waals surface area contributed by atoms with E-state index in [-0.39, 0.29) is 17.5 Å². The SMILES string of the molecule is COc1ccc(Cl)cc1NC(=O)CSc1nccn2nc(-c3ccc(F)cc3)cc12. The maximum Gasteiger partial charge on any atom is 0.234 e. The molecule has 0 spiro atoms. The zero-order valence-corrected chi connectivity index (χ0v) is 17.4. The minimum absolute atomic E-state index is 0.138. The maximum atomic E-state index is 13.2. The lowest BCUT2D eigenvalue weighted by Crippen LogP contribution is -2.15. The quantitative estimate of drug-likeness (QED) is 0.429. The molecule has 1 N–H and O–H groups in total. The van der Waals surface area contributed by atoms with Crippen molar-refractivity contribution in [1.82, 2.24) is 14.6 Å². The van der Waals surface area contributed by atoms with Crippen molar-refractivity contribution < 1.29 is 13.9 Å². The van der Waals surface area contributed by atoms with Gasteiger partial charge in [0.15, 0.2) is 0 Å². The standard InChI is InChI=1S/C21H16ClFN4O2S/c1-29-19-7-4-14(22)10-17(19)25-20(28)12-30-21-18-11-16(26-27(18)9-8-24-21)13-2-5-15(23)6-3-13/h2-11H,12H2,1H3,(H,25,28). The summed E-state index contributed by atoms with van der Waals surface area (Å²) in [5.41, 5.74) is 2.75. The average Bonchev–Trinajstić information content (AvgIpc) is 3.18. The molecule has 0 radical (unpaired) electrons.